The highest BCUT2D eigenvalue weighted by Gasteiger charge is 2.20. The molecule has 94 valence electrons. The van der Waals surface area contributed by atoms with E-state index in [4.69, 9.17) is 0 Å². The van der Waals surface area contributed by atoms with Gasteiger partial charge in [0.25, 0.3) is 0 Å². The molecule has 0 aliphatic carbocycles. The van der Waals surface area contributed by atoms with Gasteiger partial charge in [0.15, 0.2) is 0 Å². The minimum Gasteiger partial charge on any atom is -0.291 e. The number of nitrogens with zero attached hydrogens (tertiary/aromatic N) is 3. The van der Waals surface area contributed by atoms with Gasteiger partial charge >= 0.3 is 5.69 Å². The number of hydrogen-bond donors (Lipinski definition) is 0. The summed E-state index contributed by atoms with van der Waals surface area (Å²) in [6, 6.07) is 11.8. The third kappa shape index (κ3) is 1.40. The lowest BCUT2D eigenvalue weighted by molar-refractivity contribution is 0.608. The van der Waals surface area contributed by atoms with Crippen molar-refractivity contribution in [2.24, 2.45) is 0 Å². The number of imidazole rings is 1. The Bertz CT molecular complexity index is 815. The molecule has 0 fully saturated rings. The summed E-state index contributed by atoms with van der Waals surface area (Å²) in [5.74, 6) is 0.690. The normalized spacial score (nSPS) is 13.9. The molecule has 2 aromatic heterocycles. The first-order valence-electron chi connectivity index (χ1n) is 6.51. The zero-order valence-corrected chi connectivity index (χ0v) is 10.4. The Balaban J connectivity index is 2.16. The summed E-state index contributed by atoms with van der Waals surface area (Å²) in [6.07, 6.45) is 3.79. The Hall–Kier alpha value is -2.36. The fourth-order valence-electron chi connectivity index (χ4n) is 2.93. The summed E-state index contributed by atoms with van der Waals surface area (Å²) in [5, 5.41) is 0. The Morgan fingerprint density at radius 1 is 1.11 bits per heavy atom. The van der Waals surface area contributed by atoms with Gasteiger partial charge in [-0.15, -0.1) is 0 Å². The van der Waals surface area contributed by atoms with Gasteiger partial charge in [0, 0.05) is 12.7 Å². The number of pyridine rings is 1. The standard InChI is InChI=1S/C15H13N3O/c19-15-17-10-4-6-11-5-3-7-12(14(11)17)18(15)13-8-1-2-9-16-13/h1-3,5,7-9H,4,6,10H2. The molecule has 4 heteroatoms. The van der Waals surface area contributed by atoms with E-state index >= 15 is 0 Å². The first-order chi connectivity index (χ1) is 9.36. The van der Waals surface area contributed by atoms with Crippen molar-refractivity contribution < 1.29 is 0 Å². The first kappa shape index (κ1) is 10.6. The number of aryl methyl sites for hydroxylation is 2. The molecule has 0 N–H and O–H groups in total. The van der Waals surface area contributed by atoms with Crippen molar-refractivity contribution in [2.75, 3.05) is 0 Å². The van der Waals surface area contributed by atoms with Crippen LogP contribution in [0.3, 0.4) is 0 Å². The van der Waals surface area contributed by atoms with Crippen molar-refractivity contribution in [3.63, 3.8) is 0 Å². The van der Waals surface area contributed by atoms with Crippen LogP contribution < -0.4 is 5.69 Å². The highest BCUT2D eigenvalue weighted by molar-refractivity contribution is 5.81. The Morgan fingerprint density at radius 3 is 2.89 bits per heavy atom. The molecular formula is C15H13N3O. The minimum absolute atomic E-state index is 0.0147. The van der Waals surface area contributed by atoms with Crippen LogP contribution in [0.4, 0.5) is 0 Å². The van der Waals surface area contributed by atoms with E-state index in [0.717, 1.165) is 30.4 Å². The van der Waals surface area contributed by atoms with E-state index in [0.29, 0.717) is 5.82 Å². The van der Waals surface area contributed by atoms with Crippen LogP contribution in [0.25, 0.3) is 16.9 Å². The molecule has 0 unspecified atom stereocenters. The highest BCUT2D eigenvalue weighted by Crippen LogP contribution is 2.25. The molecule has 4 nitrogen and oxygen atoms in total. The monoisotopic (exact) mass is 251 g/mol. The van der Waals surface area contributed by atoms with E-state index in [1.54, 1.807) is 10.8 Å². The molecule has 1 aliphatic heterocycles. The van der Waals surface area contributed by atoms with Crippen molar-refractivity contribution in [2.45, 2.75) is 19.4 Å². The van der Waals surface area contributed by atoms with Crippen LogP contribution in [-0.4, -0.2) is 14.1 Å². The number of para-hydroxylation sites is 1. The molecule has 4 rings (SSSR count). The zero-order valence-electron chi connectivity index (χ0n) is 10.4. The molecule has 19 heavy (non-hydrogen) atoms. The Labute approximate surface area is 109 Å². The maximum Gasteiger partial charge on any atom is 0.334 e. The van der Waals surface area contributed by atoms with E-state index in [1.807, 2.05) is 34.9 Å². The molecular weight excluding hydrogens is 238 g/mol. The predicted octanol–water partition coefficient (Wildman–Crippen LogP) is 2.13. The maximum atomic E-state index is 12.6. The molecule has 1 aliphatic rings. The largest absolute Gasteiger partial charge is 0.334 e. The summed E-state index contributed by atoms with van der Waals surface area (Å²) in [5.41, 5.74) is 3.31. The number of benzene rings is 1. The van der Waals surface area contributed by atoms with Crippen LogP contribution in [0, 0.1) is 0 Å². The van der Waals surface area contributed by atoms with Crippen LogP contribution in [-0.2, 0) is 13.0 Å². The van der Waals surface area contributed by atoms with Gasteiger partial charge in [0.2, 0.25) is 0 Å². The molecule has 3 aromatic rings. The van der Waals surface area contributed by atoms with E-state index in [9.17, 15) is 4.79 Å². The van der Waals surface area contributed by atoms with Crippen LogP contribution in [0.1, 0.15) is 12.0 Å². The summed E-state index contributed by atoms with van der Waals surface area (Å²) in [7, 11) is 0. The van der Waals surface area contributed by atoms with E-state index in [2.05, 4.69) is 11.1 Å². The molecule has 0 radical (unpaired) electrons. The lowest BCUT2D eigenvalue weighted by atomic mass is 10.0. The lowest BCUT2D eigenvalue weighted by Gasteiger charge is -2.12. The Kier molecular flexibility index (Phi) is 2.12. The fourth-order valence-corrected chi connectivity index (χ4v) is 2.93. The van der Waals surface area contributed by atoms with E-state index in [1.165, 1.54) is 5.56 Å². The summed E-state index contributed by atoms with van der Waals surface area (Å²) in [6.45, 7) is 0.798. The second kappa shape index (κ2) is 3.82. The van der Waals surface area contributed by atoms with Crippen molar-refractivity contribution in [3.8, 4) is 5.82 Å². The molecule has 0 spiro atoms. The van der Waals surface area contributed by atoms with Gasteiger partial charge in [0.1, 0.15) is 5.82 Å². The summed E-state index contributed by atoms with van der Waals surface area (Å²) < 4.78 is 3.59. The second-order valence-corrected chi connectivity index (χ2v) is 4.85. The van der Waals surface area contributed by atoms with Crippen molar-refractivity contribution in [3.05, 3.63) is 58.6 Å². The van der Waals surface area contributed by atoms with E-state index < -0.39 is 0 Å². The van der Waals surface area contributed by atoms with Gasteiger partial charge in [-0.2, -0.15) is 0 Å². The second-order valence-electron chi connectivity index (χ2n) is 4.85. The average Bonchev–Trinajstić information content (AvgIpc) is 2.76. The summed E-state index contributed by atoms with van der Waals surface area (Å²) in [4.78, 5) is 16.9. The van der Waals surface area contributed by atoms with Gasteiger partial charge in [-0.05, 0) is 36.6 Å². The minimum atomic E-state index is 0.0147. The van der Waals surface area contributed by atoms with Crippen molar-refractivity contribution >= 4 is 11.0 Å². The SMILES string of the molecule is O=c1n2c3c(cccc3n1-c1ccccn1)CCC2. The number of aromatic nitrogens is 3. The van der Waals surface area contributed by atoms with Gasteiger partial charge in [-0.25, -0.2) is 14.3 Å². The molecule has 1 aromatic carbocycles. The third-order valence-corrected chi connectivity index (χ3v) is 3.74. The molecule has 0 saturated carbocycles. The van der Waals surface area contributed by atoms with Crippen LogP contribution in [0.15, 0.2) is 47.4 Å². The smallest absolute Gasteiger partial charge is 0.291 e. The van der Waals surface area contributed by atoms with Crippen LogP contribution >= 0.6 is 0 Å². The average molecular weight is 251 g/mol. The molecule has 0 atom stereocenters. The Morgan fingerprint density at radius 2 is 2.05 bits per heavy atom. The predicted molar refractivity (Wildman–Crippen MR) is 73.7 cm³/mol. The molecule has 0 amide bonds. The van der Waals surface area contributed by atoms with Crippen molar-refractivity contribution in [1.29, 1.82) is 0 Å². The molecule has 0 bridgehead atoms. The quantitative estimate of drug-likeness (QED) is 0.664. The maximum absolute atomic E-state index is 12.6. The van der Waals surface area contributed by atoms with Crippen LogP contribution in [0.2, 0.25) is 0 Å². The van der Waals surface area contributed by atoms with Crippen molar-refractivity contribution in [1.82, 2.24) is 14.1 Å². The van der Waals surface area contributed by atoms with Crippen LogP contribution in [0.5, 0.6) is 0 Å². The number of rotatable bonds is 1. The number of hydrogen-bond acceptors (Lipinski definition) is 2. The summed E-state index contributed by atoms with van der Waals surface area (Å²) >= 11 is 0. The van der Waals surface area contributed by atoms with Gasteiger partial charge < -0.3 is 0 Å². The van der Waals surface area contributed by atoms with Gasteiger partial charge in [0.05, 0.1) is 11.0 Å². The fraction of sp³-hybridized carbons (Fsp3) is 0.200. The third-order valence-electron chi connectivity index (χ3n) is 3.74. The zero-order chi connectivity index (χ0) is 12.8. The van der Waals surface area contributed by atoms with Gasteiger partial charge in [-0.1, -0.05) is 18.2 Å². The highest BCUT2D eigenvalue weighted by atomic mass is 16.1. The molecule has 3 heterocycles. The molecule has 0 saturated heterocycles. The van der Waals surface area contributed by atoms with Gasteiger partial charge in [-0.3, -0.25) is 4.57 Å². The topological polar surface area (TPSA) is 39.8 Å². The first-order valence-corrected chi connectivity index (χ1v) is 6.51. The van der Waals surface area contributed by atoms with E-state index in [-0.39, 0.29) is 5.69 Å². The lowest BCUT2D eigenvalue weighted by Crippen LogP contribution is -2.25.